The maximum absolute atomic E-state index is 13.7. The van der Waals surface area contributed by atoms with Crippen molar-refractivity contribution < 1.29 is 14.0 Å². The van der Waals surface area contributed by atoms with E-state index in [0.717, 1.165) is 11.4 Å². The quantitative estimate of drug-likeness (QED) is 0.613. The molecule has 1 saturated heterocycles. The Morgan fingerprint density at radius 3 is 2.79 bits per heavy atom. The second-order valence-electron chi connectivity index (χ2n) is 4.42. The van der Waals surface area contributed by atoms with E-state index in [1.165, 1.54) is 23.1 Å². The number of amides is 3. The van der Waals surface area contributed by atoms with Crippen molar-refractivity contribution in [2.24, 2.45) is 11.6 Å². The van der Waals surface area contributed by atoms with Crippen LogP contribution in [0.15, 0.2) is 18.2 Å². The monoisotopic (exact) mass is 266 g/mol. The average molecular weight is 266 g/mol. The third-order valence-electron chi connectivity index (χ3n) is 3.03. The summed E-state index contributed by atoms with van der Waals surface area (Å²) >= 11 is 0. The van der Waals surface area contributed by atoms with Gasteiger partial charge in [0, 0.05) is 24.2 Å². The van der Waals surface area contributed by atoms with E-state index < -0.39 is 11.7 Å². The van der Waals surface area contributed by atoms with Gasteiger partial charge < -0.3 is 10.6 Å². The lowest BCUT2D eigenvalue weighted by atomic mass is 10.1. The number of primary amides is 1. The smallest absolute Gasteiger partial charge is 0.334 e. The van der Waals surface area contributed by atoms with E-state index >= 15 is 0 Å². The van der Waals surface area contributed by atoms with E-state index in [2.05, 4.69) is 0 Å². The molecule has 2 rings (SSSR count). The van der Waals surface area contributed by atoms with Crippen LogP contribution in [0, 0.1) is 5.82 Å². The highest BCUT2D eigenvalue weighted by Crippen LogP contribution is 2.16. The minimum atomic E-state index is -0.633. The second-order valence-corrected chi connectivity index (χ2v) is 4.42. The normalized spacial score (nSPS) is 15.8. The lowest BCUT2D eigenvalue weighted by Gasteiger charge is -2.32. The van der Waals surface area contributed by atoms with Gasteiger partial charge in [-0.3, -0.25) is 9.80 Å². The molecule has 0 atom stereocenters. The molecule has 7 heteroatoms. The van der Waals surface area contributed by atoms with Crippen molar-refractivity contribution in [1.29, 1.82) is 0 Å². The Morgan fingerprint density at radius 1 is 1.37 bits per heavy atom. The summed E-state index contributed by atoms with van der Waals surface area (Å²) in [6.45, 7) is 1.06. The zero-order chi connectivity index (χ0) is 14.0. The van der Waals surface area contributed by atoms with Gasteiger partial charge in [-0.15, -0.1) is 0 Å². The van der Waals surface area contributed by atoms with E-state index in [0.29, 0.717) is 13.1 Å². The fourth-order valence-electron chi connectivity index (χ4n) is 2.01. The van der Waals surface area contributed by atoms with Gasteiger partial charge in [-0.2, -0.15) is 0 Å². The summed E-state index contributed by atoms with van der Waals surface area (Å²) < 4.78 is 13.7. The van der Waals surface area contributed by atoms with E-state index in [9.17, 15) is 14.0 Å². The van der Waals surface area contributed by atoms with E-state index in [-0.39, 0.29) is 23.7 Å². The minimum Gasteiger partial charge on any atom is -0.366 e. The molecule has 0 bridgehead atoms. The van der Waals surface area contributed by atoms with Crippen LogP contribution < -0.4 is 11.6 Å². The van der Waals surface area contributed by atoms with E-state index in [1.807, 2.05) is 0 Å². The molecule has 6 nitrogen and oxygen atoms in total. The van der Waals surface area contributed by atoms with Crippen LogP contribution in [0.4, 0.5) is 9.18 Å². The van der Waals surface area contributed by atoms with E-state index in [4.69, 9.17) is 11.6 Å². The minimum absolute atomic E-state index is 0.0689. The molecule has 0 saturated carbocycles. The summed E-state index contributed by atoms with van der Waals surface area (Å²) in [5.74, 6) is 4.40. The fraction of sp³-hybridized carbons (Fsp3) is 0.333. The zero-order valence-electron chi connectivity index (χ0n) is 10.3. The number of benzene rings is 1. The molecule has 102 valence electrons. The van der Waals surface area contributed by atoms with Gasteiger partial charge in [0.05, 0.1) is 6.54 Å². The molecular formula is C12H15FN4O2. The molecule has 0 unspecified atom stereocenters. The van der Waals surface area contributed by atoms with Gasteiger partial charge in [-0.1, -0.05) is 0 Å². The van der Waals surface area contributed by atoms with Gasteiger partial charge in [0.15, 0.2) is 0 Å². The van der Waals surface area contributed by atoms with Crippen molar-refractivity contribution in [2.75, 3.05) is 13.1 Å². The number of nitrogens with two attached hydrogens (primary N) is 2. The summed E-state index contributed by atoms with van der Waals surface area (Å²) in [6, 6.07) is 3.49. The van der Waals surface area contributed by atoms with Crippen molar-refractivity contribution in [3.05, 3.63) is 35.1 Å². The molecule has 1 aliphatic rings. The molecule has 3 amide bonds. The predicted molar refractivity (Wildman–Crippen MR) is 66.2 cm³/mol. The molecule has 0 spiro atoms. The van der Waals surface area contributed by atoms with Crippen LogP contribution in [0.5, 0.6) is 0 Å². The molecule has 1 fully saturated rings. The number of hydrogen-bond donors (Lipinski definition) is 2. The molecule has 0 aliphatic carbocycles. The molecule has 1 aromatic carbocycles. The van der Waals surface area contributed by atoms with Gasteiger partial charge in [-0.05, 0) is 24.6 Å². The molecule has 1 aromatic rings. The van der Waals surface area contributed by atoms with Crippen molar-refractivity contribution in [1.82, 2.24) is 9.91 Å². The molecule has 0 aromatic heterocycles. The van der Waals surface area contributed by atoms with Crippen LogP contribution in [0.25, 0.3) is 0 Å². The van der Waals surface area contributed by atoms with Crippen molar-refractivity contribution in [2.45, 2.75) is 13.0 Å². The average Bonchev–Trinajstić information content (AvgIpc) is 2.37. The van der Waals surface area contributed by atoms with Crippen LogP contribution in [-0.2, 0) is 6.54 Å². The van der Waals surface area contributed by atoms with Crippen LogP contribution in [0.3, 0.4) is 0 Å². The Kier molecular flexibility index (Phi) is 3.66. The first kappa shape index (κ1) is 13.3. The third kappa shape index (κ3) is 2.82. The highest BCUT2D eigenvalue weighted by atomic mass is 19.1. The van der Waals surface area contributed by atoms with Crippen molar-refractivity contribution in [3.8, 4) is 0 Å². The van der Waals surface area contributed by atoms with Gasteiger partial charge in [0.1, 0.15) is 5.82 Å². The number of hydrogen-bond acceptors (Lipinski definition) is 3. The highest BCUT2D eigenvalue weighted by Gasteiger charge is 2.24. The number of halogens is 1. The maximum Gasteiger partial charge on any atom is 0.334 e. The second kappa shape index (κ2) is 5.23. The van der Waals surface area contributed by atoms with Crippen LogP contribution in [0.1, 0.15) is 22.3 Å². The van der Waals surface area contributed by atoms with Crippen LogP contribution >= 0.6 is 0 Å². The fourth-order valence-corrected chi connectivity index (χ4v) is 2.01. The summed E-state index contributed by atoms with van der Waals surface area (Å²) in [5, 5.41) is 1.10. The van der Waals surface area contributed by atoms with Crippen LogP contribution in [-0.4, -0.2) is 34.9 Å². The zero-order valence-corrected chi connectivity index (χ0v) is 10.3. The SMILES string of the molecule is NC(=O)c1ccc(F)c(CN2CCCN(N)C2=O)c1. The Balaban J connectivity index is 2.20. The van der Waals surface area contributed by atoms with Crippen molar-refractivity contribution >= 4 is 11.9 Å². The first-order valence-electron chi connectivity index (χ1n) is 5.88. The standard InChI is InChI=1S/C12H15FN4O2/c13-10-3-2-8(11(14)18)6-9(10)7-16-4-1-5-17(15)12(16)19/h2-3,6H,1,4-5,7,15H2,(H2,14,18). The number of rotatable bonds is 3. The van der Waals surface area contributed by atoms with Crippen molar-refractivity contribution in [3.63, 3.8) is 0 Å². The molecule has 19 heavy (non-hydrogen) atoms. The van der Waals surface area contributed by atoms with Gasteiger partial charge in [0.2, 0.25) is 5.91 Å². The first-order valence-corrected chi connectivity index (χ1v) is 5.88. The summed E-state index contributed by atoms with van der Waals surface area (Å²) in [4.78, 5) is 24.3. The summed E-state index contributed by atoms with van der Waals surface area (Å²) in [7, 11) is 0. The molecule has 1 heterocycles. The van der Waals surface area contributed by atoms with Crippen LogP contribution in [0.2, 0.25) is 0 Å². The Bertz CT molecular complexity index is 520. The lowest BCUT2D eigenvalue weighted by molar-refractivity contribution is 0.1000. The highest BCUT2D eigenvalue weighted by molar-refractivity contribution is 5.92. The maximum atomic E-state index is 13.7. The Morgan fingerprint density at radius 2 is 2.11 bits per heavy atom. The predicted octanol–water partition coefficient (Wildman–Crippen LogP) is 0.426. The molecule has 4 N–H and O–H groups in total. The topological polar surface area (TPSA) is 92.7 Å². The largest absolute Gasteiger partial charge is 0.366 e. The number of urea groups is 1. The third-order valence-corrected chi connectivity index (χ3v) is 3.03. The summed E-state index contributed by atoms with van der Waals surface area (Å²) in [5.41, 5.74) is 5.61. The molecule has 0 radical (unpaired) electrons. The van der Waals surface area contributed by atoms with Gasteiger partial charge >= 0.3 is 6.03 Å². The molecule has 1 aliphatic heterocycles. The number of carbonyl (C=O) groups excluding carboxylic acids is 2. The lowest BCUT2D eigenvalue weighted by Crippen LogP contribution is -2.52. The Hall–Kier alpha value is -2.15. The number of hydrazine groups is 1. The van der Waals surface area contributed by atoms with E-state index in [1.54, 1.807) is 0 Å². The number of nitrogens with zero attached hydrogens (tertiary/aromatic N) is 2. The number of carbonyl (C=O) groups is 2. The van der Waals surface area contributed by atoms with Gasteiger partial charge in [-0.25, -0.2) is 15.0 Å². The molecular weight excluding hydrogens is 251 g/mol. The Labute approximate surface area is 109 Å². The summed E-state index contributed by atoms with van der Waals surface area (Å²) in [6.07, 6.45) is 0.722. The first-order chi connectivity index (χ1) is 8.99. The van der Waals surface area contributed by atoms with Gasteiger partial charge in [0.25, 0.3) is 0 Å².